The van der Waals surface area contributed by atoms with Crippen LogP contribution in [0.3, 0.4) is 0 Å². The summed E-state index contributed by atoms with van der Waals surface area (Å²) in [7, 11) is 0. The molecule has 1 aromatic rings. The molecule has 0 aliphatic rings. The average molecular weight is 164 g/mol. The highest BCUT2D eigenvalue weighted by Gasteiger charge is 1.79. The highest BCUT2D eigenvalue weighted by molar-refractivity contribution is 5.19. The van der Waals surface area contributed by atoms with Gasteiger partial charge in [-0.25, -0.2) is 0 Å². The van der Waals surface area contributed by atoms with Gasteiger partial charge in [-0.15, -0.1) is 13.2 Å². The van der Waals surface area contributed by atoms with E-state index in [1.54, 1.807) is 0 Å². The molecular weight excluding hydrogens is 144 g/mol. The zero-order chi connectivity index (χ0) is 9.98. The molecule has 0 aromatic heterocycles. The molecule has 0 N–H and O–H groups in total. The monoisotopic (exact) mass is 164 g/mol. The molecule has 0 aliphatic heterocycles. The first-order valence-corrected chi connectivity index (χ1v) is 4.32. The lowest BCUT2D eigenvalue weighted by Gasteiger charge is -1.90. The maximum absolute atomic E-state index is 3.00. The van der Waals surface area contributed by atoms with Crippen LogP contribution in [0.2, 0.25) is 0 Å². The third kappa shape index (κ3) is 7.07. The molecule has 0 saturated carbocycles. The first-order valence-electron chi connectivity index (χ1n) is 4.32. The number of hydrogen-bond acceptors (Lipinski definition) is 0. The number of benzene rings is 1. The van der Waals surface area contributed by atoms with E-state index in [4.69, 9.17) is 0 Å². The Morgan fingerprint density at radius 2 is 0.917 bits per heavy atom. The Hall–Kier alpha value is -1.04. The number of rotatable bonds is 0. The quantitative estimate of drug-likeness (QED) is 0.506. The minimum Gasteiger partial charge on any atom is -0.106 e. The standard InChI is InChI=1S/C8H10.C2H6.C2H4/c1-7-3-5-8(2)6-4-7;2*1-2/h3-6H,1-2H3;1-2H3;1-2H2. The Bertz CT molecular complexity index is 151. The maximum Gasteiger partial charge on any atom is -0.0398 e. The third-order valence-corrected chi connectivity index (χ3v) is 1.22. The average Bonchev–Trinajstić information content (AvgIpc) is 2.17. The zero-order valence-corrected chi connectivity index (χ0v) is 8.72. The molecule has 0 saturated heterocycles. The zero-order valence-electron chi connectivity index (χ0n) is 8.72. The van der Waals surface area contributed by atoms with Gasteiger partial charge in [-0.05, 0) is 13.8 Å². The fourth-order valence-corrected chi connectivity index (χ4v) is 0.637. The summed E-state index contributed by atoms with van der Waals surface area (Å²) in [5, 5.41) is 0. The summed E-state index contributed by atoms with van der Waals surface area (Å²) < 4.78 is 0. The van der Waals surface area contributed by atoms with Gasteiger partial charge in [0.15, 0.2) is 0 Å². The molecule has 0 amide bonds. The van der Waals surface area contributed by atoms with Crippen LogP contribution in [0.5, 0.6) is 0 Å². The van der Waals surface area contributed by atoms with Crippen molar-refractivity contribution in [3.63, 3.8) is 0 Å². The fourth-order valence-electron chi connectivity index (χ4n) is 0.637. The van der Waals surface area contributed by atoms with Gasteiger partial charge in [0.25, 0.3) is 0 Å². The summed E-state index contributed by atoms with van der Waals surface area (Å²) in [6, 6.07) is 8.48. The highest BCUT2D eigenvalue weighted by atomic mass is 13.9. The van der Waals surface area contributed by atoms with Crippen molar-refractivity contribution in [3.8, 4) is 0 Å². The van der Waals surface area contributed by atoms with E-state index in [2.05, 4.69) is 51.3 Å². The van der Waals surface area contributed by atoms with Gasteiger partial charge in [-0.3, -0.25) is 0 Å². The third-order valence-electron chi connectivity index (χ3n) is 1.22. The summed E-state index contributed by atoms with van der Waals surface area (Å²) in [4.78, 5) is 0. The molecule has 0 radical (unpaired) electrons. The molecule has 1 rings (SSSR count). The Morgan fingerprint density at radius 3 is 1.08 bits per heavy atom. The van der Waals surface area contributed by atoms with Crippen LogP contribution in [0, 0.1) is 13.8 Å². The molecule has 0 aliphatic carbocycles. The summed E-state index contributed by atoms with van der Waals surface area (Å²) in [6.45, 7) is 14.2. The highest BCUT2D eigenvalue weighted by Crippen LogP contribution is 1.99. The van der Waals surface area contributed by atoms with Crippen LogP contribution in [0.15, 0.2) is 37.4 Å². The van der Waals surface area contributed by atoms with E-state index in [0.29, 0.717) is 0 Å². The Balaban J connectivity index is 0. The van der Waals surface area contributed by atoms with Gasteiger partial charge >= 0.3 is 0 Å². The van der Waals surface area contributed by atoms with Gasteiger partial charge in [0.1, 0.15) is 0 Å². The Labute approximate surface area is 76.9 Å². The van der Waals surface area contributed by atoms with Crippen LogP contribution in [-0.4, -0.2) is 0 Å². The van der Waals surface area contributed by atoms with Gasteiger partial charge in [0.05, 0.1) is 0 Å². The van der Waals surface area contributed by atoms with Crippen molar-refractivity contribution >= 4 is 0 Å². The van der Waals surface area contributed by atoms with Gasteiger partial charge in [0.2, 0.25) is 0 Å². The second kappa shape index (κ2) is 9.96. The van der Waals surface area contributed by atoms with E-state index in [9.17, 15) is 0 Å². The fraction of sp³-hybridized carbons (Fsp3) is 0.333. The predicted octanol–water partition coefficient (Wildman–Crippen LogP) is 4.13. The smallest absolute Gasteiger partial charge is 0.0398 e. The van der Waals surface area contributed by atoms with Crippen molar-refractivity contribution in [2.75, 3.05) is 0 Å². The van der Waals surface area contributed by atoms with E-state index in [0.717, 1.165) is 0 Å². The van der Waals surface area contributed by atoms with Gasteiger partial charge in [-0.1, -0.05) is 49.2 Å². The van der Waals surface area contributed by atoms with Crippen molar-refractivity contribution in [1.29, 1.82) is 0 Å². The van der Waals surface area contributed by atoms with Crippen LogP contribution in [0.25, 0.3) is 0 Å². The van der Waals surface area contributed by atoms with Crippen LogP contribution in [0.1, 0.15) is 25.0 Å². The summed E-state index contributed by atoms with van der Waals surface area (Å²) in [5.41, 5.74) is 2.66. The number of hydrogen-bond donors (Lipinski definition) is 0. The normalized spacial score (nSPS) is 7.00. The molecule has 0 unspecified atom stereocenters. The van der Waals surface area contributed by atoms with Crippen LogP contribution in [-0.2, 0) is 0 Å². The number of aryl methyl sites for hydroxylation is 2. The van der Waals surface area contributed by atoms with E-state index >= 15 is 0 Å². The SMILES string of the molecule is C=C.CC.Cc1ccc(C)cc1. The first kappa shape index (κ1) is 13.5. The molecule has 12 heavy (non-hydrogen) atoms. The molecule has 0 heterocycles. The lowest BCUT2D eigenvalue weighted by Crippen LogP contribution is -1.70. The second-order valence-electron chi connectivity index (χ2n) is 2.15. The molecule has 0 spiro atoms. The molecular formula is C12H20. The lowest BCUT2D eigenvalue weighted by molar-refractivity contribution is 1.40. The van der Waals surface area contributed by atoms with Crippen molar-refractivity contribution in [3.05, 3.63) is 48.6 Å². The van der Waals surface area contributed by atoms with Crippen molar-refractivity contribution < 1.29 is 0 Å². The van der Waals surface area contributed by atoms with Gasteiger partial charge in [-0.2, -0.15) is 0 Å². The largest absolute Gasteiger partial charge is 0.106 e. The van der Waals surface area contributed by atoms with Gasteiger partial charge in [0, 0.05) is 0 Å². The van der Waals surface area contributed by atoms with Crippen LogP contribution in [0.4, 0.5) is 0 Å². The predicted molar refractivity (Wildman–Crippen MR) is 58.5 cm³/mol. The topological polar surface area (TPSA) is 0 Å². The molecule has 0 nitrogen and oxygen atoms in total. The maximum atomic E-state index is 3.00. The molecule has 0 atom stereocenters. The Kier molecular flexibility index (Phi) is 11.2. The van der Waals surface area contributed by atoms with E-state index in [1.165, 1.54) is 11.1 Å². The molecule has 1 aromatic carbocycles. The lowest BCUT2D eigenvalue weighted by atomic mass is 10.2. The van der Waals surface area contributed by atoms with Crippen LogP contribution >= 0.6 is 0 Å². The summed E-state index contributed by atoms with van der Waals surface area (Å²) in [6.07, 6.45) is 0. The summed E-state index contributed by atoms with van der Waals surface area (Å²) >= 11 is 0. The van der Waals surface area contributed by atoms with E-state index < -0.39 is 0 Å². The van der Waals surface area contributed by atoms with E-state index in [-0.39, 0.29) is 0 Å². The van der Waals surface area contributed by atoms with Crippen molar-refractivity contribution in [2.24, 2.45) is 0 Å². The van der Waals surface area contributed by atoms with E-state index in [1.807, 2.05) is 13.8 Å². The minimum absolute atomic E-state index is 1.33. The van der Waals surface area contributed by atoms with Crippen molar-refractivity contribution in [1.82, 2.24) is 0 Å². The second-order valence-corrected chi connectivity index (χ2v) is 2.15. The molecule has 0 fully saturated rings. The first-order chi connectivity index (χ1) is 5.79. The summed E-state index contributed by atoms with van der Waals surface area (Å²) in [5.74, 6) is 0. The Morgan fingerprint density at radius 1 is 0.750 bits per heavy atom. The molecule has 0 bridgehead atoms. The van der Waals surface area contributed by atoms with Crippen LogP contribution < -0.4 is 0 Å². The molecule has 68 valence electrons. The van der Waals surface area contributed by atoms with Crippen molar-refractivity contribution in [2.45, 2.75) is 27.7 Å². The molecule has 0 heteroatoms. The minimum atomic E-state index is 1.33. The van der Waals surface area contributed by atoms with Gasteiger partial charge < -0.3 is 0 Å².